The zero-order valence-corrected chi connectivity index (χ0v) is 15.1. The summed E-state index contributed by atoms with van der Waals surface area (Å²) in [7, 11) is 2.09. The summed E-state index contributed by atoms with van der Waals surface area (Å²) < 4.78 is 6.69. The van der Waals surface area contributed by atoms with Crippen LogP contribution in [-0.2, 0) is 6.54 Å². The van der Waals surface area contributed by atoms with Gasteiger partial charge in [0.05, 0.1) is 26.8 Å². The number of thiazole rings is 1. The molecular weight excluding hydrogens is 338 g/mol. The molecule has 0 saturated carbocycles. The summed E-state index contributed by atoms with van der Waals surface area (Å²) >= 11 is 3.41. The molecule has 0 aliphatic rings. The predicted molar refractivity (Wildman–Crippen MR) is 99.3 cm³/mol. The second-order valence-electron chi connectivity index (χ2n) is 5.77. The molecule has 4 rings (SSSR count). The van der Waals surface area contributed by atoms with Crippen molar-refractivity contribution in [1.29, 1.82) is 0 Å². The van der Waals surface area contributed by atoms with Crippen LogP contribution in [0, 0.1) is 0 Å². The number of hydrogen-bond donors (Lipinski definition) is 0. The summed E-state index contributed by atoms with van der Waals surface area (Å²) in [6, 6.07) is 14.6. The first-order valence-electron chi connectivity index (χ1n) is 7.76. The highest BCUT2D eigenvalue weighted by molar-refractivity contribution is 7.18. The van der Waals surface area contributed by atoms with E-state index in [2.05, 4.69) is 42.2 Å². The molecule has 1 aromatic carbocycles. The number of aromatic nitrogens is 2. The molecule has 3 heterocycles. The number of rotatable bonds is 5. The summed E-state index contributed by atoms with van der Waals surface area (Å²) in [5.74, 6) is 0.834. The number of nitrogens with zero attached hydrogens (tertiary/aromatic N) is 3. The van der Waals surface area contributed by atoms with Gasteiger partial charge in [-0.05, 0) is 37.6 Å². The molecule has 0 amide bonds. The number of thiophene rings is 1. The topological polar surface area (TPSA) is 42.2 Å². The molecule has 0 aliphatic carbocycles. The molecule has 4 aromatic rings. The van der Waals surface area contributed by atoms with Crippen molar-refractivity contribution in [1.82, 2.24) is 15.0 Å². The quantitative estimate of drug-likeness (QED) is 0.493. The Morgan fingerprint density at radius 2 is 2.08 bits per heavy atom. The number of benzene rings is 1. The third-order valence-electron chi connectivity index (χ3n) is 4.06. The lowest BCUT2D eigenvalue weighted by Gasteiger charge is -2.21. The summed E-state index contributed by atoms with van der Waals surface area (Å²) in [5.41, 5.74) is 2.01. The van der Waals surface area contributed by atoms with Gasteiger partial charge in [0.15, 0.2) is 5.76 Å². The maximum absolute atomic E-state index is 5.46. The Labute approximate surface area is 148 Å². The summed E-state index contributed by atoms with van der Waals surface area (Å²) in [6.45, 7) is 2.91. The van der Waals surface area contributed by atoms with Gasteiger partial charge in [-0.1, -0.05) is 23.4 Å². The number of para-hydroxylation sites is 1. The van der Waals surface area contributed by atoms with Crippen LogP contribution in [0.4, 0.5) is 0 Å². The monoisotopic (exact) mass is 355 g/mol. The summed E-state index contributed by atoms with van der Waals surface area (Å²) in [4.78, 5) is 8.11. The van der Waals surface area contributed by atoms with Gasteiger partial charge in [0.2, 0.25) is 0 Å². The normalized spacial score (nSPS) is 13.0. The Hall–Kier alpha value is -2.02. The number of fused-ring (bicyclic) bond motifs is 1. The molecule has 1 atom stereocenters. The minimum absolute atomic E-state index is 0.226. The largest absolute Gasteiger partial charge is 0.355 e. The second kappa shape index (κ2) is 6.47. The summed E-state index contributed by atoms with van der Waals surface area (Å²) in [6.07, 6.45) is 0. The minimum Gasteiger partial charge on any atom is -0.355 e. The standard InChI is InChI=1S/C18H17N3OS2/c1-12(18-19-14-6-3-4-7-16(14)24-18)21(2)11-13-10-15(22-20-13)17-8-5-9-23-17/h3-10,12H,11H2,1-2H3/t12-/m0/s1. The van der Waals surface area contributed by atoms with Crippen molar-refractivity contribution in [3.8, 4) is 10.6 Å². The van der Waals surface area contributed by atoms with Gasteiger partial charge in [0.1, 0.15) is 5.01 Å². The lowest BCUT2D eigenvalue weighted by Crippen LogP contribution is -2.21. The van der Waals surface area contributed by atoms with Gasteiger partial charge in [-0.15, -0.1) is 22.7 Å². The van der Waals surface area contributed by atoms with Gasteiger partial charge in [0.25, 0.3) is 0 Å². The number of hydrogen-bond acceptors (Lipinski definition) is 6. The van der Waals surface area contributed by atoms with E-state index >= 15 is 0 Å². The van der Waals surface area contributed by atoms with E-state index in [9.17, 15) is 0 Å². The van der Waals surface area contributed by atoms with Gasteiger partial charge in [-0.25, -0.2) is 4.98 Å². The molecule has 0 N–H and O–H groups in total. The lowest BCUT2D eigenvalue weighted by atomic mass is 10.2. The zero-order chi connectivity index (χ0) is 16.5. The van der Waals surface area contributed by atoms with Crippen LogP contribution in [0.15, 0.2) is 52.4 Å². The van der Waals surface area contributed by atoms with E-state index in [0.717, 1.165) is 33.4 Å². The van der Waals surface area contributed by atoms with E-state index in [4.69, 9.17) is 9.51 Å². The Morgan fingerprint density at radius 1 is 1.21 bits per heavy atom. The maximum atomic E-state index is 5.46. The first kappa shape index (κ1) is 15.5. The van der Waals surface area contributed by atoms with Crippen molar-refractivity contribution in [2.75, 3.05) is 7.05 Å². The smallest absolute Gasteiger partial charge is 0.177 e. The molecular formula is C18H17N3OS2. The van der Waals surface area contributed by atoms with Gasteiger partial charge in [-0.3, -0.25) is 4.90 Å². The lowest BCUT2D eigenvalue weighted by molar-refractivity contribution is 0.245. The van der Waals surface area contributed by atoms with E-state index in [1.807, 2.05) is 29.6 Å². The van der Waals surface area contributed by atoms with Crippen LogP contribution >= 0.6 is 22.7 Å². The Balaban J connectivity index is 1.50. The average Bonchev–Trinajstić information content (AvgIpc) is 3.32. The van der Waals surface area contributed by atoms with Crippen molar-refractivity contribution in [2.45, 2.75) is 19.5 Å². The molecule has 0 bridgehead atoms. The van der Waals surface area contributed by atoms with E-state index in [0.29, 0.717) is 0 Å². The van der Waals surface area contributed by atoms with Crippen LogP contribution in [0.25, 0.3) is 20.9 Å². The second-order valence-corrected chi connectivity index (χ2v) is 7.78. The molecule has 3 aromatic heterocycles. The van der Waals surface area contributed by atoms with Gasteiger partial charge in [-0.2, -0.15) is 0 Å². The van der Waals surface area contributed by atoms with Gasteiger partial charge < -0.3 is 4.52 Å². The molecule has 0 spiro atoms. The highest BCUT2D eigenvalue weighted by Gasteiger charge is 2.18. The molecule has 122 valence electrons. The van der Waals surface area contributed by atoms with Gasteiger partial charge >= 0.3 is 0 Å². The van der Waals surface area contributed by atoms with Crippen LogP contribution in [0.2, 0.25) is 0 Å². The molecule has 0 saturated heterocycles. The van der Waals surface area contributed by atoms with Crippen LogP contribution in [0.3, 0.4) is 0 Å². The fourth-order valence-electron chi connectivity index (χ4n) is 2.57. The fourth-order valence-corrected chi connectivity index (χ4v) is 4.33. The Kier molecular flexibility index (Phi) is 4.18. The molecule has 0 aliphatic heterocycles. The maximum Gasteiger partial charge on any atom is 0.177 e. The molecule has 0 radical (unpaired) electrons. The van der Waals surface area contributed by atoms with Crippen LogP contribution in [-0.4, -0.2) is 22.1 Å². The average molecular weight is 355 g/mol. The molecule has 0 unspecified atom stereocenters. The van der Waals surface area contributed by atoms with Crippen molar-refractivity contribution in [2.24, 2.45) is 0 Å². The highest BCUT2D eigenvalue weighted by atomic mass is 32.1. The molecule has 4 nitrogen and oxygen atoms in total. The minimum atomic E-state index is 0.226. The highest BCUT2D eigenvalue weighted by Crippen LogP contribution is 2.30. The third-order valence-corrected chi connectivity index (χ3v) is 6.15. The first-order chi connectivity index (χ1) is 11.7. The van der Waals surface area contributed by atoms with E-state index in [-0.39, 0.29) is 6.04 Å². The van der Waals surface area contributed by atoms with E-state index < -0.39 is 0 Å². The SMILES string of the molecule is C[C@@H](c1nc2ccccc2s1)N(C)Cc1cc(-c2cccs2)on1. The van der Waals surface area contributed by atoms with Crippen molar-refractivity contribution < 1.29 is 4.52 Å². The summed E-state index contributed by atoms with van der Waals surface area (Å²) in [5, 5.41) is 7.37. The Bertz CT molecular complexity index is 909. The van der Waals surface area contributed by atoms with Crippen molar-refractivity contribution in [3.63, 3.8) is 0 Å². The van der Waals surface area contributed by atoms with Gasteiger partial charge in [0, 0.05) is 12.6 Å². The van der Waals surface area contributed by atoms with Crippen LogP contribution in [0.1, 0.15) is 23.7 Å². The first-order valence-corrected chi connectivity index (χ1v) is 9.45. The van der Waals surface area contributed by atoms with Crippen LogP contribution < -0.4 is 0 Å². The fraction of sp³-hybridized carbons (Fsp3) is 0.222. The van der Waals surface area contributed by atoms with Crippen molar-refractivity contribution >= 4 is 32.9 Å². The predicted octanol–water partition coefficient (Wildman–Crippen LogP) is 5.21. The molecule has 0 fully saturated rings. The Morgan fingerprint density at radius 3 is 2.88 bits per heavy atom. The third kappa shape index (κ3) is 3.00. The molecule has 6 heteroatoms. The van der Waals surface area contributed by atoms with Crippen LogP contribution in [0.5, 0.6) is 0 Å². The van der Waals surface area contributed by atoms with E-state index in [1.165, 1.54) is 4.70 Å². The van der Waals surface area contributed by atoms with E-state index in [1.54, 1.807) is 22.7 Å². The zero-order valence-electron chi connectivity index (χ0n) is 13.5. The molecule has 24 heavy (non-hydrogen) atoms. The van der Waals surface area contributed by atoms with Crippen molar-refractivity contribution in [3.05, 3.63) is 58.5 Å².